The molecule has 4 N–H and O–H groups in total. The van der Waals surface area contributed by atoms with E-state index in [1.807, 2.05) is 27.7 Å². The average Bonchev–Trinajstić information content (AvgIpc) is 2.97. The fraction of sp³-hybridized carbons (Fsp3) is 0.688. The zero-order valence-corrected chi connectivity index (χ0v) is 28.8. The first-order valence-corrected chi connectivity index (χ1v) is 18.1. The smallest absolute Gasteiger partial charge is 0.249 e. The Morgan fingerprint density at radius 3 is 2.02 bits per heavy atom. The Morgan fingerprint density at radius 2 is 1.43 bits per heavy atom. The van der Waals surface area contributed by atoms with E-state index >= 15 is 0 Å². The van der Waals surface area contributed by atoms with Gasteiger partial charge in [-0.1, -0.05) is 77.5 Å². The van der Waals surface area contributed by atoms with Gasteiger partial charge in [0, 0.05) is 6.54 Å². The van der Waals surface area contributed by atoms with Gasteiger partial charge in [0.15, 0.2) is 5.78 Å². The second kappa shape index (κ2) is 21.5. The maximum atomic E-state index is 13.3. The van der Waals surface area contributed by atoms with Crippen molar-refractivity contribution in [2.24, 2.45) is 11.8 Å². The number of rotatable bonds is 23. The van der Waals surface area contributed by atoms with Gasteiger partial charge in [0.05, 0.1) is 22.6 Å². The molecule has 3 atom stereocenters. The highest BCUT2D eigenvalue weighted by atomic mass is 32.2. The zero-order chi connectivity index (χ0) is 33.1. The third kappa shape index (κ3) is 15.1. The van der Waals surface area contributed by atoms with Gasteiger partial charge < -0.3 is 10.6 Å². The molecule has 250 valence electrons. The number of ketones is 1. The first-order valence-electron chi connectivity index (χ1n) is 15.9. The molecule has 44 heavy (non-hydrogen) atoms. The topological polar surface area (TPSA) is 151 Å². The highest BCUT2D eigenvalue weighted by Crippen LogP contribution is 2.16. The van der Waals surface area contributed by atoms with E-state index in [1.54, 1.807) is 12.1 Å². The van der Waals surface area contributed by atoms with Crippen molar-refractivity contribution < 1.29 is 27.6 Å². The first-order chi connectivity index (χ1) is 20.9. The molecule has 0 aliphatic carbocycles. The Hall–Kier alpha value is -2.28. The standard InChI is InChI=1S/C32H54N4O6S2/c1-6-8-9-10-11-14-26(29(37)22-43)30(38)35-27(31(39)36-32(40)28(33-7-2)21-23(3)4)15-12-13-20-34-44(41,42)25-18-16-24(5)17-19-25/h16-19,23,26-28,33-34,43H,6-15,20-22H2,1-5H3,(H,35,38)(H,36,39,40)/t26?,27-,28?/m0/s1. The number of carbonyl (C=O) groups is 4. The van der Waals surface area contributed by atoms with Crippen LogP contribution in [0.3, 0.4) is 0 Å². The molecule has 0 fully saturated rings. The summed E-state index contributed by atoms with van der Waals surface area (Å²) in [7, 11) is -3.69. The van der Waals surface area contributed by atoms with Crippen LogP contribution in [0.5, 0.6) is 0 Å². The van der Waals surface area contributed by atoms with Crippen LogP contribution in [0.2, 0.25) is 0 Å². The molecule has 10 nitrogen and oxygen atoms in total. The average molecular weight is 655 g/mol. The molecule has 0 radical (unpaired) electrons. The van der Waals surface area contributed by atoms with Crippen molar-refractivity contribution in [3.05, 3.63) is 29.8 Å². The van der Waals surface area contributed by atoms with E-state index in [2.05, 4.69) is 40.2 Å². The van der Waals surface area contributed by atoms with Gasteiger partial charge >= 0.3 is 0 Å². The molecule has 1 aromatic rings. The van der Waals surface area contributed by atoms with Crippen molar-refractivity contribution >= 4 is 46.2 Å². The predicted molar refractivity (Wildman–Crippen MR) is 178 cm³/mol. The Kier molecular flexibility index (Phi) is 19.4. The normalized spacial score (nSPS) is 13.7. The lowest BCUT2D eigenvalue weighted by Gasteiger charge is -2.23. The number of nitrogens with one attached hydrogen (secondary N) is 4. The minimum absolute atomic E-state index is 0.0942. The number of hydrogen-bond acceptors (Lipinski definition) is 8. The fourth-order valence-electron chi connectivity index (χ4n) is 4.82. The molecular weight excluding hydrogens is 601 g/mol. The van der Waals surface area contributed by atoms with Gasteiger partial charge in [-0.25, -0.2) is 13.1 Å². The molecular formula is C32H54N4O6S2. The van der Waals surface area contributed by atoms with Crippen LogP contribution in [0.1, 0.15) is 97.5 Å². The number of benzene rings is 1. The lowest BCUT2D eigenvalue weighted by molar-refractivity contribution is -0.138. The molecule has 12 heteroatoms. The van der Waals surface area contributed by atoms with Crippen molar-refractivity contribution in [3.8, 4) is 0 Å². The summed E-state index contributed by atoms with van der Waals surface area (Å²) in [6.07, 6.45) is 6.60. The van der Waals surface area contributed by atoms with Gasteiger partial charge in [-0.2, -0.15) is 12.6 Å². The van der Waals surface area contributed by atoms with E-state index < -0.39 is 45.7 Å². The Balaban J connectivity index is 2.96. The summed E-state index contributed by atoms with van der Waals surface area (Å²) < 4.78 is 27.8. The quantitative estimate of drug-likeness (QED) is 0.0678. The minimum atomic E-state index is -3.69. The Morgan fingerprint density at radius 1 is 0.818 bits per heavy atom. The number of hydrogen-bond donors (Lipinski definition) is 5. The van der Waals surface area contributed by atoms with Crippen molar-refractivity contribution in [1.82, 2.24) is 20.7 Å². The van der Waals surface area contributed by atoms with E-state index in [0.29, 0.717) is 38.6 Å². The van der Waals surface area contributed by atoms with E-state index in [0.717, 1.165) is 31.2 Å². The van der Waals surface area contributed by atoms with Gasteiger partial charge in [0.2, 0.25) is 27.7 Å². The Bertz CT molecular complexity index is 1140. The number of sulfonamides is 1. The summed E-state index contributed by atoms with van der Waals surface area (Å²) >= 11 is 4.09. The van der Waals surface area contributed by atoms with E-state index in [4.69, 9.17) is 0 Å². The third-order valence-electron chi connectivity index (χ3n) is 7.35. The lowest BCUT2D eigenvalue weighted by Crippen LogP contribution is -2.54. The SMILES string of the molecule is CCCCCCCC(C(=O)CS)C(=O)N[C@@H](CCCCNS(=O)(=O)c1ccc(C)cc1)C(=O)NC(=O)C(CC(C)C)NCC. The predicted octanol–water partition coefficient (Wildman–Crippen LogP) is 4.07. The number of Topliss-reactive ketones (excluding diaryl/α,β-unsaturated/α-hetero) is 1. The number of aryl methyl sites for hydroxylation is 1. The highest BCUT2D eigenvalue weighted by molar-refractivity contribution is 7.89. The maximum Gasteiger partial charge on any atom is 0.249 e. The summed E-state index contributed by atoms with van der Waals surface area (Å²) in [5.41, 5.74) is 0.949. The summed E-state index contributed by atoms with van der Waals surface area (Å²) in [5.74, 6) is -2.82. The van der Waals surface area contributed by atoms with Gasteiger partial charge in [-0.15, -0.1) is 0 Å². The number of carbonyl (C=O) groups excluding carboxylic acids is 4. The van der Waals surface area contributed by atoms with Crippen LogP contribution in [0, 0.1) is 18.8 Å². The summed E-state index contributed by atoms with van der Waals surface area (Å²) in [5, 5.41) is 8.27. The molecule has 0 saturated carbocycles. The van der Waals surface area contributed by atoms with Crippen LogP contribution in [0.4, 0.5) is 0 Å². The molecule has 0 aliphatic heterocycles. The third-order valence-corrected chi connectivity index (χ3v) is 9.14. The molecule has 3 amide bonds. The number of unbranched alkanes of at least 4 members (excludes halogenated alkanes) is 5. The van der Waals surface area contributed by atoms with Crippen LogP contribution in [-0.2, 0) is 29.2 Å². The minimum Gasteiger partial charge on any atom is -0.344 e. The molecule has 1 aromatic carbocycles. The number of thiol groups is 1. The maximum absolute atomic E-state index is 13.3. The summed E-state index contributed by atoms with van der Waals surface area (Å²) in [6.45, 7) is 10.5. The number of imide groups is 1. The van der Waals surface area contributed by atoms with Crippen molar-refractivity contribution in [2.45, 2.75) is 116 Å². The van der Waals surface area contributed by atoms with Crippen molar-refractivity contribution in [3.63, 3.8) is 0 Å². The van der Waals surface area contributed by atoms with Gasteiger partial charge in [0.1, 0.15) is 6.04 Å². The first kappa shape index (κ1) is 39.7. The van der Waals surface area contributed by atoms with Gasteiger partial charge in [-0.05, 0) is 63.6 Å². The molecule has 0 saturated heterocycles. The lowest BCUT2D eigenvalue weighted by atomic mass is 9.95. The van der Waals surface area contributed by atoms with Gasteiger partial charge in [-0.3, -0.25) is 24.5 Å². The van der Waals surface area contributed by atoms with Crippen molar-refractivity contribution in [1.29, 1.82) is 0 Å². The second-order valence-corrected chi connectivity index (χ2v) is 13.8. The summed E-state index contributed by atoms with van der Waals surface area (Å²) in [4.78, 5) is 52.4. The van der Waals surface area contributed by atoms with Crippen LogP contribution < -0.4 is 20.7 Å². The Labute approximate surface area is 270 Å². The van der Waals surface area contributed by atoms with E-state index in [1.165, 1.54) is 12.1 Å². The number of likely N-dealkylation sites (N-methyl/N-ethyl adjacent to an activating group) is 1. The van der Waals surface area contributed by atoms with E-state index in [-0.39, 0.29) is 35.3 Å². The molecule has 0 heterocycles. The zero-order valence-electron chi connectivity index (χ0n) is 27.1. The highest BCUT2D eigenvalue weighted by Gasteiger charge is 2.31. The largest absolute Gasteiger partial charge is 0.344 e. The number of amides is 3. The van der Waals surface area contributed by atoms with Gasteiger partial charge in [0.25, 0.3) is 0 Å². The summed E-state index contributed by atoms with van der Waals surface area (Å²) in [6, 6.07) is 4.88. The van der Waals surface area contributed by atoms with Crippen molar-refractivity contribution in [2.75, 3.05) is 18.8 Å². The molecule has 2 unspecified atom stereocenters. The fourth-order valence-corrected chi connectivity index (χ4v) is 6.11. The van der Waals surface area contributed by atoms with Crippen LogP contribution >= 0.6 is 12.6 Å². The van der Waals surface area contributed by atoms with Crippen LogP contribution in [0.15, 0.2) is 29.2 Å². The monoisotopic (exact) mass is 654 g/mol. The van der Waals surface area contributed by atoms with Crippen LogP contribution in [0.25, 0.3) is 0 Å². The second-order valence-electron chi connectivity index (χ2n) is 11.7. The molecule has 0 bridgehead atoms. The molecule has 0 aromatic heterocycles. The molecule has 0 spiro atoms. The molecule has 1 rings (SSSR count). The molecule has 0 aliphatic rings. The van der Waals surface area contributed by atoms with E-state index in [9.17, 15) is 27.6 Å². The van der Waals surface area contributed by atoms with Crippen LogP contribution in [-0.4, -0.2) is 62.8 Å².